The highest BCUT2D eigenvalue weighted by Gasteiger charge is 2.22. The Morgan fingerprint density at radius 2 is 1.51 bits per heavy atom. The van der Waals surface area contributed by atoms with E-state index in [1.165, 1.54) is 0 Å². The largest absolute Gasteiger partial charge is 0.481 e. The van der Waals surface area contributed by atoms with Crippen molar-refractivity contribution in [3.63, 3.8) is 0 Å². The van der Waals surface area contributed by atoms with Gasteiger partial charge in [0.05, 0.1) is 37.2 Å². The smallest absolute Gasteiger partial charge is 0.229 e. The van der Waals surface area contributed by atoms with Crippen LogP contribution >= 0.6 is 0 Å². The Labute approximate surface area is 205 Å². The van der Waals surface area contributed by atoms with Crippen LogP contribution in [0.15, 0.2) is 54.6 Å². The summed E-state index contributed by atoms with van der Waals surface area (Å²) in [5.74, 6) is 1.57. The molecule has 9 heteroatoms. The summed E-state index contributed by atoms with van der Waals surface area (Å²) in [5, 5.41) is 0.863. The standard InChI is InChI=1S/C26H28N4O4S/c1-26(2,3)25-27-21-15-17(16-7-10-18(11-8-16)30-35(6,31)32)9-12-19(21)23(29-25)20-13-14-22(33-4)28-24(20)34-5/h7-15,30H,1-6H3. The van der Waals surface area contributed by atoms with Gasteiger partial charge in [0, 0.05) is 22.6 Å². The highest BCUT2D eigenvalue weighted by Crippen LogP contribution is 2.36. The van der Waals surface area contributed by atoms with Crippen molar-refractivity contribution in [2.24, 2.45) is 0 Å². The van der Waals surface area contributed by atoms with E-state index in [0.717, 1.165) is 39.5 Å². The van der Waals surface area contributed by atoms with Crippen LogP contribution < -0.4 is 14.2 Å². The number of fused-ring (bicyclic) bond motifs is 1. The average molecular weight is 493 g/mol. The molecular formula is C26H28N4O4S. The zero-order chi connectivity index (χ0) is 25.4. The molecule has 0 unspecified atom stereocenters. The summed E-state index contributed by atoms with van der Waals surface area (Å²) in [7, 11) is -0.205. The quantitative estimate of drug-likeness (QED) is 0.402. The first-order valence-corrected chi connectivity index (χ1v) is 12.9. The third-order valence-corrected chi connectivity index (χ3v) is 5.99. The molecular weight excluding hydrogens is 464 g/mol. The average Bonchev–Trinajstić information content (AvgIpc) is 2.81. The number of hydrogen-bond donors (Lipinski definition) is 1. The van der Waals surface area contributed by atoms with Gasteiger partial charge in [0.25, 0.3) is 0 Å². The minimum Gasteiger partial charge on any atom is -0.481 e. The number of nitrogens with one attached hydrogen (secondary N) is 1. The molecule has 0 atom stereocenters. The predicted molar refractivity (Wildman–Crippen MR) is 138 cm³/mol. The summed E-state index contributed by atoms with van der Waals surface area (Å²) < 4.78 is 36.3. The van der Waals surface area contributed by atoms with Crippen molar-refractivity contribution < 1.29 is 17.9 Å². The normalized spacial score (nSPS) is 11.9. The Morgan fingerprint density at radius 3 is 2.11 bits per heavy atom. The van der Waals surface area contributed by atoms with Gasteiger partial charge in [-0.15, -0.1) is 0 Å². The first-order chi connectivity index (χ1) is 16.5. The van der Waals surface area contributed by atoms with Crippen molar-refractivity contribution in [2.45, 2.75) is 26.2 Å². The molecule has 0 aliphatic carbocycles. The van der Waals surface area contributed by atoms with Crippen LogP contribution in [0.25, 0.3) is 33.3 Å². The van der Waals surface area contributed by atoms with Crippen molar-refractivity contribution in [1.29, 1.82) is 0 Å². The van der Waals surface area contributed by atoms with Crippen LogP contribution in [-0.4, -0.2) is 43.8 Å². The van der Waals surface area contributed by atoms with Gasteiger partial charge in [-0.3, -0.25) is 4.72 Å². The molecule has 2 aromatic carbocycles. The van der Waals surface area contributed by atoms with E-state index in [-0.39, 0.29) is 5.41 Å². The number of methoxy groups -OCH3 is 2. The minimum atomic E-state index is -3.33. The predicted octanol–water partition coefficient (Wildman–Crippen LogP) is 5.05. The first kappa shape index (κ1) is 24.4. The van der Waals surface area contributed by atoms with Crippen molar-refractivity contribution in [1.82, 2.24) is 15.0 Å². The van der Waals surface area contributed by atoms with Gasteiger partial charge in [-0.25, -0.2) is 18.4 Å². The van der Waals surface area contributed by atoms with Gasteiger partial charge in [0.1, 0.15) is 5.82 Å². The maximum atomic E-state index is 11.5. The van der Waals surface area contributed by atoms with E-state index in [9.17, 15) is 8.42 Å². The Morgan fingerprint density at radius 1 is 0.829 bits per heavy atom. The highest BCUT2D eigenvalue weighted by molar-refractivity contribution is 7.92. The Hall–Kier alpha value is -3.72. The lowest BCUT2D eigenvalue weighted by Crippen LogP contribution is -2.16. The summed E-state index contributed by atoms with van der Waals surface area (Å²) in [5.41, 5.74) is 4.37. The lowest BCUT2D eigenvalue weighted by molar-refractivity contribution is 0.366. The van der Waals surface area contributed by atoms with Gasteiger partial charge in [-0.05, 0) is 41.5 Å². The van der Waals surface area contributed by atoms with Crippen molar-refractivity contribution in [2.75, 3.05) is 25.2 Å². The van der Waals surface area contributed by atoms with Crippen LogP contribution in [0.5, 0.6) is 11.8 Å². The minimum absolute atomic E-state index is 0.287. The third-order valence-electron chi connectivity index (χ3n) is 5.38. The van der Waals surface area contributed by atoms with Crippen LogP contribution in [0, 0.1) is 0 Å². The number of pyridine rings is 1. The van der Waals surface area contributed by atoms with E-state index >= 15 is 0 Å². The molecule has 0 saturated heterocycles. The summed E-state index contributed by atoms with van der Waals surface area (Å²) in [6, 6.07) is 16.9. The fourth-order valence-electron chi connectivity index (χ4n) is 3.67. The van der Waals surface area contributed by atoms with Gasteiger partial charge >= 0.3 is 0 Å². The van der Waals surface area contributed by atoms with Gasteiger partial charge < -0.3 is 9.47 Å². The molecule has 0 fully saturated rings. The van der Waals surface area contributed by atoms with E-state index in [1.54, 1.807) is 32.4 Å². The molecule has 0 aliphatic rings. The van der Waals surface area contributed by atoms with Gasteiger partial charge in [-0.2, -0.15) is 4.98 Å². The molecule has 0 radical (unpaired) electrons. The molecule has 4 rings (SSSR count). The Kier molecular flexibility index (Phi) is 6.38. The molecule has 182 valence electrons. The Balaban J connectivity index is 1.87. The molecule has 0 amide bonds. The number of benzene rings is 2. The second-order valence-electron chi connectivity index (χ2n) is 9.24. The lowest BCUT2D eigenvalue weighted by Gasteiger charge is -2.20. The number of anilines is 1. The summed E-state index contributed by atoms with van der Waals surface area (Å²) in [6.45, 7) is 6.20. The highest BCUT2D eigenvalue weighted by atomic mass is 32.2. The van der Waals surface area contributed by atoms with Gasteiger partial charge in [-0.1, -0.05) is 39.0 Å². The van der Waals surface area contributed by atoms with Crippen LogP contribution in [0.4, 0.5) is 5.69 Å². The molecule has 8 nitrogen and oxygen atoms in total. The number of ether oxygens (including phenoxy) is 2. The molecule has 1 N–H and O–H groups in total. The SMILES string of the molecule is COc1ccc(-c2nc(C(C)(C)C)nc3cc(-c4ccc(NS(C)(=O)=O)cc4)ccc23)c(OC)n1. The number of sulfonamides is 1. The van der Waals surface area contributed by atoms with E-state index in [0.29, 0.717) is 23.3 Å². The van der Waals surface area contributed by atoms with Crippen molar-refractivity contribution in [3.8, 4) is 34.1 Å². The van der Waals surface area contributed by atoms with Crippen LogP contribution in [0.1, 0.15) is 26.6 Å². The molecule has 35 heavy (non-hydrogen) atoms. The van der Waals surface area contributed by atoms with Crippen molar-refractivity contribution >= 4 is 26.6 Å². The fraction of sp³-hybridized carbons (Fsp3) is 0.269. The van der Waals surface area contributed by atoms with Crippen LogP contribution in [-0.2, 0) is 15.4 Å². The topological polar surface area (TPSA) is 103 Å². The van der Waals surface area contributed by atoms with Crippen molar-refractivity contribution in [3.05, 3.63) is 60.4 Å². The number of aromatic nitrogens is 3. The third kappa shape index (κ3) is 5.35. The molecule has 0 saturated carbocycles. The van der Waals surface area contributed by atoms with Crippen LogP contribution in [0.2, 0.25) is 0 Å². The van der Waals surface area contributed by atoms with Gasteiger partial charge in [0.15, 0.2) is 0 Å². The summed E-state index contributed by atoms with van der Waals surface area (Å²) in [6.07, 6.45) is 1.13. The number of hydrogen-bond acceptors (Lipinski definition) is 7. The van der Waals surface area contributed by atoms with E-state index in [1.807, 2.05) is 36.4 Å². The van der Waals surface area contributed by atoms with E-state index in [4.69, 9.17) is 19.4 Å². The molecule has 4 aromatic rings. The zero-order valence-electron chi connectivity index (χ0n) is 20.6. The molecule has 0 aliphatic heterocycles. The lowest BCUT2D eigenvalue weighted by atomic mass is 9.94. The monoisotopic (exact) mass is 492 g/mol. The van der Waals surface area contributed by atoms with E-state index in [2.05, 4.69) is 30.5 Å². The van der Waals surface area contributed by atoms with Gasteiger partial charge in [0.2, 0.25) is 21.8 Å². The number of rotatable bonds is 6. The molecule has 0 spiro atoms. The maximum Gasteiger partial charge on any atom is 0.229 e. The molecule has 2 aromatic heterocycles. The Bertz CT molecular complexity index is 1490. The molecule has 0 bridgehead atoms. The van der Waals surface area contributed by atoms with E-state index < -0.39 is 10.0 Å². The first-order valence-electron chi connectivity index (χ1n) is 11.0. The van der Waals surface area contributed by atoms with Crippen LogP contribution in [0.3, 0.4) is 0 Å². The second kappa shape index (κ2) is 9.14. The zero-order valence-corrected chi connectivity index (χ0v) is 21.4. The second-order valence-corrected chi connectivity index (χ2v) is 11.0. The number of nitrogens with zero attached hydrogens (tertiary/aromatic N) is 3. The molecule has 2 heterocycles. The fourth-order valence-corrected chi connectivity index (χ4v) is 4.23. The summed E-state index contributed by atoms with van der Waals surface area (Å²) in [4.78, 5) is 14.2. The summed E-state index contributed by atoms with van der Waals surface area (Å²) >= 11 is 0. The maximum absolute atomic E-state index is 11.5.